The third kappa shape index (κ3) is 4.23. The predicted octanol–water partition coefficient (Wildman–Crippen LogP) is 2.06. The topological polar surface area (TPSA) is 72.5 Å². The number of carboxylic acids is 1. The molecule has 5 heteroatoms. The Labute approximate surface area is 99.3 Å². The number of carbonyl (C=O) groups is 1. The van der Waals surface area contributed by atoms with Gasteiger partial charge in [-0.25, -0.2) is 0 Å². The summed E-state index contributed by atoms with van der Waals surface area (Å²) < 4.78 is 5.92. The van der Waals surface area contributed by atoms with Crippen molar-refractivity contribution in [1.82, 2.24) is 0 Å². The highest BCUT2D eigenvalue weighted by atomic mass is 28.4. The molecule has 0 unspecified atom stereocenters. The smallest absolute Gasteiger partial charge is 0.320 e. The summed E-state index contributed by atoms with van der Waals surface area (Å²) in [4.78, 5) is 10.7. The highest BCUT2D eigenvalue weighted by Crippen LogP contribution is 2.36. The van der Waals surface area contributed by atoms with Crippen molar-refractivity contribution in [2.75, 3.05) is 6.61 Å². The molecule has 3 N–H and O–H groups in total. The molecule has 0 saturated carbocycles. The zero-order valence-electron chi connectivity index (χ0n) is 11.2. The number of carboxylic acid groups (broad SMARTS) is 1. The van der Waals surface area contributed by atoms with E-state index in [-0.39, 0.29) is 11.0 Å². The Morgan fingerprint density at radius 3 is 2.19 bits per heavy atom. The molecule has 0 aliphatic carbocycles. The third-order valence-electron chi connectivity index (χ3n) is 3.41. The lowest BCUT2D eigenvalue weighted by molar-refractivity contribution is -0.140. The Balaban J connectivity index is 4.31. The lowest BCUT2D eigenvalue weighted by Crippen LogP contribution is -2.45. The molecule has 0 amide bonds. The SMILES string of the molecule is C[C@H](CO[Si](C)(C)C(C)(C)C)[C@@H](N)C(=O)O. The molecule has 96 valence electrons. The molecule has 0 aliphatic rings. The Morgan fingerprint density at radius 2 is 1.88 bits per heavy atom. The van der Waals surface area contributed by atoms with Crippen LogP contribution in [0, 0.1) is 5.92 Å². The van der Waals surface area contributed by atoms with Crippen LogP contribution in [-0.4, -0.2) is 32.0 Å². The average Bonchev–Trinajstić information content (AvgIpc) is 2.11. The molecule has 4 nitrogen and oxygen atoms in total. The van der Waals surface area contributed by atoms with E-state index in [0.717, 1.165) is 0 Å². The van der Waals surface area contributed by atoms with Crippen LogP contribution in [0.15, 0.2) is 0 Å². The van der Waals surface area contributed by atoms with Crippen molar-refractivity contribution >= 4 is 14.3 Å². The molecular weight excluding hydrogens is 222 g/mol. The van der Waals surface area contributed by atoms with Crippen LogP contribution < -0.4 is 5.73 Å². The second-order valence-corrected chi connectivity index (χ2v) is 10.7. The molecule has 0 rings (SSSR count). The minimum atomic E-state index is -1.80. The molecule has 0 fully saturated rings. The summed E-state index contributed by atoms with van der Waals surface area (Å²) in [7, 11) is -1.80. The normalized spacial score (nSPS) is 16.9. The van der Waals surface area contributed by atoms with Gasteiger partial charge in [0.2, 0.25) is 0 Å². The zero-order chi connectivity index (χ0) is 13.1. The molecule has 0 radical (unpaired) electrons. The lowest BCUT2D eigenvalue weighted by Gasteiger charge is -2.37. The van der Waals surface area contributed by atoms with Crippen LogP contribution in [-0.2, 0) is 9.22 Å². The quantitative estimate of drug-likeness (QED) is 0.729. The molecule has 0 spiro atoms. The minimum absolute atomic E-state index is 0.139. The van der Waals surface area contributed by atoms with Gasteiger partial charge in [0.25, 0.3) is 0 Å². The number of rotatable bonds is 5. The molecule has 2 atom stereocenters. The van der Waals surface area contributed by atoms with Crippen LogP contribution in [0.3, 0.4) is 0 Å². The molecule has 0 aliphatic heterocycles. The van der Waals surface area contributed by atoms with E-state index in [4.69, 9.17) is 15.3 Å². The van der Waals surface area contributed by atoms with E-state index in [1.165, 1.54) is 0 Å². The van der Waals surface area contributed by atoms with Crippen LogP contribution in [0.25, 0.3) is 0 Å². The van der Waals surface area contributed by atoms with Crippen molar-refractivity contribution in [2.45, 2.75) is 51.9 Å². The van der Waals surface area contributed by atoms with Gasteiger partial charge in [0, 0.05) is 12.5 Å². The van der Waals surface area contributed by atoms with Gasteiger partial charge in [-0.1, -0.05) is 27.7 Å². The summed E-state index contributed by atoms with van der Waals surface area (Å²) in [5, 5.41) is 8.91. The van der Waals surface area contributed by atoms with Crippen molar-refractivity contribution in [2.24, 2.45) is 11.7 Å². The van der Waals surface area contributed by atoms with E-state index >= 15 is 0 Å². The van der Waals surface area contributed by atoms with Crippen molar-refractivity contribution in [3.8, 4) is 0 Å². The number of hydrogen-bond acceptors (Lipinski definition) is 3. The Kier molecular flexibility index (Phi) is 5.16. The molecule has 0 aromatic rings. The predicted molar refractivity (Wildman–Crippen MR) is 67.9 cm³/mol. The Bertz CT molecular complexity index is 248. The summed E-state index contributed by atoms with van der Waals surface area (Å²) in [5.41, 5.74) is 5.53. The van der Waals surface area contributed by atoms with E-state index in [9.17, 15) is 4.79 Å². The first-order valence-electron chi connectivity index (χ1n) is 5.61. The van der Waals surface area contributed by atoms with Gasteiger partial charge in [0.05, 0.1) is 0 Å². The van der Waals surface area contributed by atoms with Gasteiger partial charge in [0.1, 0.15) is 6.04 Å². The van der Waals surface area contributed by atoms with E-state index in [2.05, 4.69) is 33.9 Å². The maximum Gasteiger partial charge on any atom is 0.320 e. The monoisotopic (exact) mass is 247 g/mol. The molecule has 0 aromatic heterocycles. The van der Waals surface area contributed by atoms with E-state index < -0.39 is 20.3 Å². The highest BCUT2D eigenvalue weighted by molar-refractivity contribution is 6.74. The number of nitrogens with two attached hydrogens (primary N) is 1. The summed E-state index contributed by atoms with van der Waals surface area (Å²) >= 11 is 0. The van der Waals surface area contributed by atoms with Gasteiger partial charge in [-0.2, -0.15) is 0 Å². The maximum atomic E-state index is 10.7. The summed E-state index contributed by atoms with van der Waals surface area (Å²) in [6.45, 7) is 13.0. The Morgan fingerprint density at radius 1 is 1.44 bits per heavy atom. The summed E-state index contributed by atoms with van der Waals surface area (Å²) in [5.74, 6) is -1.13. The van der Waals surface area contributed by atoms with Crippen LogP contribution in [0.5, 0.6) is 0 Å². The van der Waals surface area contributed by atoms with Gasteiger partial charge in [-0.15, -0.1) is 0 Å². The van der Waals surface area contributed by atoms with Gasteiger partial charge >= 0.3 is 5.97 Å². The second-order valence-electron chi connectivity index (χ2n) is 5.91. The largest absolute Gasteiger partial charge is 0.480 e. The fraction of sp³-hybridized carbons (Fsp3) is 0.909. The zero-order valence-corrected chi connectivity index (χ0v) is 12.2. The molecular formula is C11H25NO3Si. The van der Waals surface area contributed by atoms with E-state index in [1.54, 1.807) is 0 Å². The van der Waals surface area contributed by atoms with Crippen LogP contribution >= 0.6 is 0 Å². The fourth-order valence-corrected chi connectivity index (χ4v) is 2.02. The fourth-order valence-electron chi connectivity index (χ4n) is 0.903. The number of hydrogen-bond donors (Lipinski definition) is 2. The first-order valence-corrected chi connectivity index (χ1v) is 8.52. The lowest BCUT2D eigenvalue weighted by atomic mass is 10.1. The molecule has 16 heavy (non-hydrogen) atoms. The van der Waals surface area contributed by atoms with Crippen LogP contribution in [0.4, 0.5) is 0 Å². The van der Waals surface area contributed by atoms with Crippen LogP contribution in [0.2, 0.25) is 18.1 Å². The molecule has 0 bridgehead atoms. The van der Waals surface area contributed by atoms with Crippen molar-refractivity contribution in [3.63, 3.8) is 0 Å². The average molecular weight is 247 g/mol. The van der Waals surface area contributed by atoms with Gasteiger partial charge < -0.3 is 15.3 Å². The first kappa shape index (κ1) is 15.6. The molecule has 0 saturated heterocycles. The maximum absolute atomic E-state index is 10.7. The van der Waals surface area contributed by atoms with Gasteiger partial charge in [-0.05, 0) is 18.1 Å². The van der Waals surface area contributed by atoms with Gasteiger partial charge in [-0.3, -0.25) is 4.79 Å². The first-order chi connectivity index (χ1) is 6.99. The Hall–Kier alpha value is -0.393. The van der Waals surface area contributed by atoms with E-state index in [1.807, 2.05) is 6.92 Å². The van der Waals surface area contributed by atoms with Gasteiger partial charge in [0.15, 0.2) is 8.32 Å². The second kappa shape index (κ2) is 5.29. The standard InChI is InChI=1S/C11H25NO3Si/c1-8(9(12)10(13)14)7-15-16(5,6)11(2,3)4/h8-9H,7,12H2,1-6H3,(H,13,14)/t8-,9-/m1/s1. The minimum Gasteiger partial charge on any atom is -0.480 e. The van der Waals surface area contributed by atoms with Crippen LogP contribution in [0.1, 0.15) is 27.7 Å². The number of aliphatic carboxylic acids is 1. The van der Waals surface area contributed by atoms with Crippen molar-refractivity contribution in [1.29, 1.82) is 0 Å². The highest BCUT2D eigenvalue weighted by Gasteiger charge is 2.37. The summed E-state index contributed by atoms with van der Waals surface area (Å²) in [6.07, 6.45) is 0. The molecule has 0 heterocycles. The van der Waals surface area contributed by atoms with Crippen molar-refractivity contribution in [3.05, 3.63) is 0 Å². The third-order valence-corrected chi connectivity index (χ3v) is 7.91. The molecule has 0 aromatic carbocycles. The summed E-state index contributed by atoms with van der Waals surface area (Å²) in [6, 6.07) is -0.843. The van der Waals surface area contributed by atoms with E-state index in [0.29, 0.717) is 6.61 Å². The van der Waals surface area contributed by atoms with Crippen molar-refractivity contribution < 1.29 is 14.3 Å².